The van der Waals surface area contributed by atoms with Gasteiger partial charge in [-0.25, -0.2) is 4.98 Å². The molecule has 0 fully saturated rings. The minimum absolute atomic E-state index is 0.0400. The molecule has 2 amide bonds. The fraction of sp³-hybridized carbons (Fsp3) is 0.190. The second-order valence-corrected chi connectivity index (χ2v) is 7.70. The van der Waals surface area contributed by atoms with E-state index in [4.69, 9.17) is 0 Å². The number of hydrogen-bond donors (Lipinski definition) is 1. The largest absolute Gasteiger partial charge is 0.321 e. The lowest BCUT2D eigenvalue weighted by molar-refractivity contribution is -0.116. The summed E-state index contributed by atoms with van der Waals surface area (Å²) in [5.41, 5.74) is 4.37. The second kappa shape index (κ2) is 6.96. The summed E-state index contributed by atoms with van der Waals surface area (Å²) in [6, 6.07) is 15.4. The van der Waals surface area contributed by atoms with Crippen LogP contribution >= 0.6 is 11.3 Å². The van der Waals surface area contributed by atoms with Gasteiger partial charge >= 0.3 is 0 Å². The Morgan fingerprint density at radius 3 is 2.67 bits per heavy atom. The lowest BCUT2D eigenvalue weighted by Gasteiger charge is -2.15. The smallest absolute Gasteiger partial charge is 0.268 e. The van der Waals surface area contributed by atoms with Crippen molar-refractivity contribution >= 4 is 34.5 Å². The van der Waals surface area contributed by atoms with Crippen molar-refractivity contribution in [3.8, 4) is 11.3 Å². The maximum atomic E-state index is 12.9. The molecule has 0 radical (unpaired) electrons. The number of fused-ring (bicyclic) bond motifs is 1. The molecule has 2 heterocycles. The number of aromatic nitrogens is 1. The maximum Gasteiger partial charge on any atom is 0.268 e. The number of rotatable bonds is 3. The van der Waals surface area contributed by atoms with E-state index in [-0.39, 0.29) is 11.8 Å². The van der Waals surface area contributed by atoms with E-state index < -0.39 is 0 Å². The molecule has 0 bridgehead atoms. The lowest BCUT2D eigenvalue weighted by atomic mass is 10.1. The van der Waals surface area contributed by atoms with Gasteiger partial charge in [-0.2, -0.15) is 0 Å². The second-order valence-electron chi connectivity index (χ2n) is 6.49. The molecule has 0 spiro atoms. The van der Waals surface area contributed by atoms with Crippen LogP contribution in [0.4, 0.5) is 11.4 Å². The molecule has 0 saturated carbocycles. The number of nitrogens with zero attached hydrogens (tertiary/aromatic N) is 2. The van der Waals surface area contributed by atoms with Crippen LogP contribution in [-0.4, -0.2) is 23.3 Å². The van der Waals surface area contributed by atoms with Gasteiger partial charge in [0.1, 0.15) is 4.88 Å². The van der Waals surface area contributed by atoms with Gasteiger partial charge < -0.3 is 10.2 Å². The van der Waals surface area contributed by atoms with Crippen LogP contribution in [0.5, 0.6) is 0 Å². The van der Waals surface area contributed by atoms with Gasteiger partial charge in [0, 0.05) is 30.4 Å². The highest BCUT2D eigenvalue weighted by Crippen LogP contribution is 2.32. The van der Waals surface area contributed by atoms with Crippen LogP contribution in [0.2, 0.25) is 0 Å². The number of hydrogen-bond acceptors (Lipinski definition) is 4. The van der Waals surface area contributed by atoms with Gasteiger partial charge in [-0.1, -0.05) is 30.3 Å². The minimum atomic E-state index is -0.166. The average Bonchev–Trinajstić information content (AvgIpc) is 3.25. The fourth-order valence-electron chi connectivity index (χ4n) is 3.37. The zero-order valence-electron chi connectivity index (χ0n) is 15.2. The Morgan fingerprint density at radius 1 is 1.15 bits per heavy atom. The molecule has 1 aliphatic rings. The van der Waals surface area contributed by atoms with Crippen LogP contribution in [0.25, 0.3) is 11.3 Å². The summed E-state index contributed by atoms with van der Waals surface area (Å²) in [6.45, 7) is 4.16. The summed E-state index contributed by atoms with van der Waals surface area (Å²) in [4.78, 5) is 31.5. The van der Waals surface area contributed by atoms with Crippen molar-refractivity contribution < 1.29 is 9.59 Å². The van der Waals surface area contributed by atoms with Gasteiger partial charge in [0.15, 0.2) is 0 Å². The SMILES string of the molecule is CC(=O)N1CCc2cc(NC(=O)c3sc(C)nc3-c3ccccc3)ccc21. The first-order chi connectivity index (χ1) is 13.0. The van der Waals surface area contributed by atoms with E-state index in [0.29, 0.717) is 17.1 Å². The highest BCUT2D eigenvalue weighted by Gasteiger charge is 2.23. The van der Waals surface area contributed by atoms with E-state index in [9.17, 15) is 9.59 Å². The number of thiazole rings is 1. The fourth-order valence-corrected chi connectivity index (χ4v) is 4.20. The minimum Gasteiger partial charge on any atom is -0.321 e. The molecule has 1 N–H and O–H groups in total. The topological polar surface area (TPSA) is 62.3 Å². The van der Waals surface area contributed by atoms with Crippen molar-refractivity contribution in [3.63, 3.8) is 0 Å². The lowest BCUT2D eigenvalue weighted by Crippen LogP contribution is -2.25. The predicted molar refractivity (Wildman–Crippen MR) is 108 cm³/mol. The number of carbonyl (C=O) groups is 2. The molecule has 6 heteroatoms. The molecular weight excluding hydrogens is 358 g/mol. The van der Waals surface area contributed by atoms with Crippen LogP contribution in [0.15, 0.2) is 48.5 Å². The first kappa shape index (κ1) is 17.4. The normalized spacial score (nSPS) is 12.7. The van der Waals surface area contributed by atoms with Crippen molar-refractivity contribution in [1.82, 2.24) is 4.98 Å². The molecule has 1 aromatic heterocycles. The van der Waals surface area contributed by atoms with Gasteiger partial charge in [0.25, 0.3) is 5.91 Å². The molecule has 27 heavy (non-hydrogen) atoms. The third kappa shape index (κ3) is 3.36. The Labute approximate surface area is 161 Å². The van der Waals surface area contributed by atoms with Crippen LogP contribution in [-0.2, 0) is 11.2 Å². The molecule has 1 aliphatic heterocycles. The third-order valence-corrected chi connectivity index (χ3v) is 5.57. The Balaban J connectivity index is 1.60. The van der Waals surface area contributed by atoms with E-state index in [2.05, 4.69) is 10.3 Å². The van der Waals surface area contributed by atoms with Crippen molar-refractivity contribution in [1.29, 1.82) is 0 Å². The zero-order valence-corrected chi connectivity index (χ0v) is 16.0. The van der Waals surface area contributed by atoms with E-state index in [1.54, 1.807) is 11.8 Å². The number of carbonyl (C=O) groups excluding carboxylic acids is 2. The van der Waals surface area contributed by atoms with Crippen LogP contribution in [0.1, 0.15) is 27.2 Å². The molecule has 2 aromatic carbocycles. The summed E-state index contributed by atoms with van der Waals surface area (Å²) >= 11 is 1.39. The standard InChI is InChI=1S/C21H19N3O2S/c1-13-22-19(15-6-4-3-5-7-15)20(27-13)21(26)23-17-8-9-18-16(12-17)10-11-24(18)14(2)25/h3-9,12H,10-11H2,1-2H3,(H,23,26). The first-order valence-corrected chi connectivity index (χ1v) is 9.60. The van der Waals surface area contributed by atoms with Gasteiger partial charge in [0.05, 0.1) is 10.7 Å². The van der Waals surface area contributed by atoms with Crippen molar-refractivity contribution in [2.24, 2.45) is 0 Å². The molecule has 3 aromatic rings. The van der Waals surface area contributed by atoms with E-state index in [1.165, 1.54) is 11.3 Å². The van der Waals surface area contributed by atoms with E-state index in [0.717, 1.165) is 33.9 Å². The molecule has 0 aliphatic carbocycles. The molecule has 0 unspecified atom stereocenters. The monoisotopic (exact) mass is 377 g/mol. The highest BCUT2D eigenvalue weighted by molar-refractivity contribution is 7.14. The molecule has 5 nitrogen and oxygen atoms in total. The Bertz CT molecular complexity index is 1030. The van der Waals surface area contributed by atoms with Crippen molar-refractivity contribution in [2.75, 3.05) is 16.8 Å². The van der Waals surface area contributed by atoms with Crippen LogP contribution in [0.3, 0.4) is 0 Å². The quantitative estimate of drug-likeness (QED) is 0.741. The zero-order chi connectivity index (χ0) is 19.0. The average molecular weight is 377 g/mol. The van der Waals surface area contributed by atoms with Gasteiger partial charge in [-0.15, -0.1) is 11.3 Å². The number of anilines is 2. The Morgan fingerprint density at radius 2 is 1.93 bits per heavy atom. The molecular formula is C21H19N3O2S. The number of aryl methyl sites for hydroxylation is 1. The summed E-state index contributed by atoms with van der Waals surface area (Å²) in [5.74, 6) is -0.126. The molecule has 0 atom stereocenters. The summed E-state index contributed by atoms with van der Waals surface area (Å²) < 4.78 is 0. The summed E-state index contributed by atoms with van der Waals surface area (Å²) in [7, 11) is 0. The van der Waals surface area contributed by atoms with Gasteiger partial charge in [-0.05, 0) is 37.1 Å². The Hall–Kier alpha value is -2.99. The van der Waals surface area contributed by atoms with Gasteiger partial charge in [0.2, 0.25) is 5.91 Å². The molecule has 0 saturated heterocycles. The summed E-state index contributed by atoms with van der Waals surface area (Å²) in [6.07, 6.45) is 0.799. The van der Waals surface area contributed by atoms with E-state index >= 15 is 0 Å². The third-order valence-electron chi connectivity index (χ3n) is 4.60. The Kier molecular flexibility index (Phi) is 4.49. The van der Waals surface area contributed by atoms with Crippen molar-refractivity contribution in [2.45, 2.75) is 20.3 Å². The molecule has 4 rings (SSSR count). The number of benzene rings is 2. The summed E-state index contributed by atoms with van der Waals surface area (Å²) in [5, 5.41) is 3.84. The number of nitrogens with one attached hydrogen (secondary N) is 1. The van der Waals surface area contributed by atoms with Crippen LogP contribution in [0, 0.1) is 6.92 Å². The van der Waals surface area contributed by atoms with Crippen molar-refractivity contribution in [3.05, 3.63) is 64.0 Å². The van der Waals surface area contributed by atoms with E-state index in [1.807, 2.05) is 55.5 Å². The first-order valence-electron chi connectivity index (χ1n) is 8.78. The highest BCUT2D eigenvalue weighted by atomic mass is 32.1. The molecule has 136 valence electrons. The predicted octanol–water partition coefficient (Wildman–Crippen LogP) is 4.28. The maximum absolute atomic E-state index is 12.9. The van der Waals surface area contributed by atoms with Gasteiger partial charge in [-0.3, -0.25) is 9.59 Å². The number of amides is 2. The van der Waals surface area contributed by atoms with Crippen LogP contribution < -0.4 is 10.2 Å².